The summed E-state index contributed by atoms with van der Waals surface area (Å²) in [5.41, 5.74) is 0.302. The van der Waals surface area contributed by atoms with Crippen molar-refractivity contribution in [2.45, 2.75) is 18.4 Å². The summed E-state index contributed by atoms with van der Waals surface area (Å²) in [6, 6.07) is 9.69. The summed E-state index contributed by atoms with van der Waals surface area (Å²) < 4.78 is 1.75. The highest BCUT2D eigenvalue weighted by Gasteiger charge is 2.40. The van der Waals surface area contributed by atoms with Crippen molar-refractivity contribution in [2.75, 3.05) is 13.1 Å². The first kappa shape index (κ1) is 18.3. The zero-order valence-corrected chi connectivity index (χ0v) is 15.7. The van der Waals surface area contributed by atoms with E-state index in [2.05, 4.69) is 10.1 Å². The van der Waals surface area contributed by atoms with E-state index in [9.17, 15) is 14.7 Å². The van der Waals surface area contributed by atoms with Crippen LogP contribution in [-0.2, 0) is 4.79 Å². The van der Waals surface area contributed by atoms with Crippen LogP contribution in [0.5, 0.6) is 0 Å². The molecule has 2 N–H and O–H groups in total. The van der Waals surface area contributed by atoms with Crippen molar-refractivity contribution >= 4 is 23.2 Å². The molecule has 1 amide bonds. The number of piperidine rings is 1. The number of carbonyl (C=O) groups excluding carboxylic acids is 1. The number of nitrogens with zero attached hydrogens (tertiary/aromatic N) is 4. The lowest BCUT2D eigenvalue weighted by atomic mass is 9.91. The van der Waals surface area contributed by atoms with Crippen molar-refractivity contribution in [2.24, 2.45) is 0 Å². The second kappa shape index (κ2) is 7.17. The summed E-state index contributed by atoms with van der Waals surface area (Å²) in [5, 5.41) is 25.8. The Morgan fingerprint density at radius 3 is 2.54 bits per heavy atom. The van der Waals surface area contributed by atoms with Crippen LogP contribution < -0.4 is 0 Å². The molecule has 1 aliphatic rings. The molecule has 0 saturated carbocycles. The van der Waals surface area contributed by atoms with Gasteiger partial charge >= 0.3 is 5.97 Å². The van der Waals surface area contributed by atoms with Crippen LogP contribution in [0.2, 0.25) is 0 Å². The number of carboxylic acids is 1. The van der Waals surface area contributed by atoms with E-state index in [1.807, 2.05) is 36.5 Å². The van der Waals surface area contributed by atoms with Crippen molar-refractivity contribution in [1.82, 2.24) is 19.7 Å². The van der Waals surface area contributed by atoms with Crippen molar-refractivity contribution in [3.63, 3.8) is 0 Å². The van der Waals surface area contributed by atoms with E-state index >= 15 is 0 Å². The predicted molar refractivity (Wildman–Crippen MR) is 102 cm³/mol. The van der Waals surface area contributed by atoms with Crippen LogP contribution in [0.15, 0.2) is 48.1 Å². The van der Waals surface area contributed by atoms with Gasteiger partial charge in [0.25, 0.3) is 5.91 Å². The number of aliphatic carboxylic acids is 1. The minimum atomic E-state index is -1.75. The Hall–Kier alpha value is -3.04. The number of aliphatic hydroxyl groups is 1. The van der Waals surface area contributed by atoms with Crippen molar-refractivity contribution in [3.8, 4) is 16.3 Å². The molecular weight excluding hydrogens is 380 g/mol. The smallest absolute Gasteiger partial charge is 0.335 e. The van der Waals surface area contributed by atoms with Gasteiger partial charge < -0.3 is 15.1 Å². The number of amides is 1. The molecule has 0 aliphatic carbocycles. The largest absolute Gasteiger partial charge is 0.479 e. The lowest BCUT2D eigenvalue weighted by molar-refractivity contribution is -0.162. The highest BCUT2D eigenvalue weighted by Crippen LogP contribution is 2.27. The third-order valence-corrected chi connectivity index (χ3v) is 5.74. The third kappa shape index (κ3) is 3.41. The van der Waals surface area contributed by atoms with Gasteiger partial charge in [0.1, 0.15) is 10.7 Å². The van der Waals surface area contributed by atoms with Gasteiger partial charge in [0.05, 0.1) is 11.9 Å². The molecule has 3 heterocycles. The van der Waals surface area contributed by atoms with Crippen molar-refractivity contribution in [3.05, 3.63) is 53.8 Å². The second-order valence-corrected chi connectivity index (χ2v) is 7.53. The molecule has 0 spiro atoms. The lowest BCUT2D eigenvalue weighted by Crippen LogP contribution is -2.50. The van der Waals surface area contributed by atoms with Gasteiger partial charge in [-0.05, 0) is 12.1 Å². The van der Waals surface area contributed by atoms with Crippen LogP contribution in [0.4, 0.5) is 0 Å². The van der Waals surface area contributed by atoms with E-state index in [-0.39, 0.29) is 31.8 Å². The normalized spacial score (nSPS) is 16.1. The molecule has 9 heteroatoms. The molecule has 0 radical (unpaired) electrons. The average Bonchev–Trinajstić information content (AvgIpc) is 3.38. The quantitative estimate of drug-likeness (QED) is 0.696. The molecule has 1 aliphatic heterocycles. The minimum Gasteiger partial charge on any atom is -0.479 e. The lowest BCUT2D eigenvalue weighted by Gasteiger charge is -2.34. The average molecular weight is 398 g/mol. The molecule has 144 valence electrons. The van der Waals surface area contributed by atoms with E-state index in [0.29, 0.717) is 10.7 Å². The number of carbonyl (C=O) groups is 2. The highest BCUT2D eigenvalue weighted by molar-refractivity contribution is 7.13. The molecule has 0 unspecified atom stereocenters. The van der Waals surface area contributed by atoms with Gasteiger partial charge in [-0.1, -0.05) is 18.2 Å². The number of carboxylic acid groups (broad SMARTS) is 1. The summed E-state index contributed by atoms with van der Waals surface area (Å²) in [6.45, 7) is 0.362. The van der Waals surface area contributed by atoms with Gasteiger partial charge in [0.2, 0.25) is 0 Å². The molecule has 1 aromatic carbocycles. The van der Waals surface area contributed by atoms with Gasteiger partial charge in [-0.3, -0.25) is 4.79 Å². The van der Waals surface area contributed by atoms with Gasteiger partial charge in [0.15, 0.2) is 5.60 Å². The van der Waals surface area contributed by atoms with Crippen LogP contribution in [0.25, 0.3) is 16.3 Å². The molecule has 1 fully saturated rings. The third-order valence-electron chi connectivity index (χ3n) is 4.85. The molecular formula is C19H18N4O4S. The number of hydrogen-bond donors (Lipinski definition) is 2. The number of hydrogen-bond acceptors (Lipinski definition) is 6. The number of benzene rings is 1. The van der Waals surface area contributed by atoms with Crippen LogP contribution in [0.3, 0.4) is 0 Å². The van der Waals surface area contributed by atoms with E-state index in [1.165, 1.54) is 16.2 Å². The standard InChI is InChI=1S/C19H18N4O4S/c24-17(22-8-6-19(27,7-9-22)18(25)26)15-12-28-16(21-15)13-10-20-23(11-13)14-4-2-1-3-5-14/h1-5,10-12,27H,6-9H2,(H,25,26). The number of para-hydroxylation sites is 1. The molecule has 28 heavy (non-hydrogen) atoms. The highest BCUT2D eigenvalue weighted by atomic mass is 32.1. The predicted octanol–water partition coefficient (Wildman–Crippen LogP) is 2.05. The number of aromatic nitrogens is 3. The van der Waals surface area contributed by atoms with Crippen LogP contribution in [-0.4, -0.2) is 60.4 Å². The Kier molecular flexibility index (Phi) is 4.70. The first-order valence-electron chi connectivity index (χ1n) is 8.77. The van der Waals surface area contributed by atoms with Crippen LogP contribution in [0, 0.1) is 0 Å². The fourth-order valence-corrected chi connectivity index (χ4v) is 3.88. The maximum Gasteiger partial charge on any atom is 0.335 e. The summed E-state index contributed by atoms with van der Waals surface area (Å²) in [4.78, 5) is 29.7. The van der Waals surface area contributed by atoms with Crippen molar-refractivity contribution in [1.29, 1.82) is 0 Å². The van der Waals surface area contributed by atoms with E-state index in [4.69, 9.17) is 5.11 Å². The molecule has 0 atom stereocenters. The Bertz CT molecular complexity index is 1010. The zero-order chi connectivity index (χ0) is 19.7. The van der Waals surface area contributed by atoms with E-state index in [0.717, 1.165) is 11.3 Å². The first-order valence-corrected chi connectivity index (χ1v) is 9.65. The van der Waals surface area contributed by atoms with Crippen molar-refractivity contribution < 1.29 is 19.8 Å². The molecule has 1 saturated heterocycles. The number of likely N-dealkylation sites (tertiary alicyclic amines) is 1. The monoisotopic (exact) mass is 398 g/mol. The second-order valence-electron chi connectivity index (χ2n) is 6.68. The fraction of sp³-hybridized carbons (Fsp3) is 0.263. The Morgan fingerprint density at radius 1 is 1.14 bits per heavy atom. The minimum absolute atomic E-state index is 0.00884. The zero-order valence-electron chi connectivity index (χ0n) is 14.9. The number of thiazole rings is 1. The van der Waals surface area contributed by atoms with Gasteiger partial charge in [-0.15, -0.1) is 11.3 Å². The molecule has 2 aromatic heterocycles. The summed E-state index contributed by atoms with van der Waals surface area (Å²) in [6.07, 6.45) is 3.58. The first-order chi connectivity index (χ1) is 13.5. The molecule has 3 aromatic rings. The topological polar surface area (TPSA) is 109 Å². The molecule has 4 rings (SSSR count). The molecule has 0 bridgehead atoms. The van der Waals surface area contributed by atoms with E-state index in [1.54, 1.807) is 16.3 Å². The summed E-state index contributed by atoms with van der Waals surface area (Å²) in [5.74, 6) is -1.50. The Balaban J connectivity index is 1.47. The Labute approximate surface area is 164 Å². The fourth-order valence-electron chi connectivity index (χ4n) is 3.12. The van der Waals surface area contributed by atoms with Gasteiger partial charge in [-0.25, -0.2) is 14.5 Å². The van der Waals surface area contributed by atoms with E-state index < -0.39 is 11.6 Å². The summed E-state index contributed by atoms with van der Waals surface area (Å²) >= 11 is 1.35. The van der Waals surface area contributed by atoms with Gasteiger partial charge in [-0.2, -0.15) is 5.10 Å². The maximum absolute atomic E-state index is 12.7. The number of rotatable bonds is 4. The Morgan fingerprint density at radius 2 is 1.86 bits per heavy atom. The van der Waals surface area contributed by atoms with Crippen LogP contribution in [0.1, 0.15) is 23.3 Å². The van der Waals surface area contributed by atoms with Gasteiger partial charge in [0, 0.05) is 43.1 Å². The SMILES string of the molecule is O=C(c1csc(-c2cnn(-c3ccccc3)c2)n1)N1CCC(O)(C(=O)O)CC1. The molecule has 8 nitrogen and oxygen atoms in total. The van der Waals surface area contributed by atoms with Crippen LogP contribution >= 0.6 is 11.3 Å². The maximum atomic E-state index is 12.7. The summed E-state index contributed by atoms with van der Waals surface area (Å²) in [7, 11) is 0.